The Bertz CT molecular complexity index is 4180. The molecule has 0 unspecified atom stereocenters. The molecule has 0 saturated carbocycles. The van der Waals surface area contributed by atoms with Crippen LogP contribution in [0, 0.1) is 34.6 Å². The second-order valence-corrected chi connectivity index (χ2v) is 27.3. The van der Waals surface area contributed by atoms with Crippen LogP contribution in [0.4, 0.5) is 0 Å². The summed E-state index contributed by atoms with van der Waals surface area (Å²) in [6.45, 7) is 16.1. The zero-order valence-corrected chi connectivity index (χ0v) is 64.1. The highest BCUT2D eigenvalue weighted by Gasteiger charge is 2.23. The molecule has 0 amide bonds. The molecule has 594 valence electrons. The highest BCUT2D eigenvalue weighted by molar-refractivity contribution is 5.71. The molecule has 0 aliphatic heterocycles. The van der Waals surface area contributed by atoms with Gasteiger partial charge in [-0.2, -0.15) is 0 Å². The van der Waals surface area contributed by atoms with Crippen molar-refractivity contribution in [2.45, 2.75) is 193 Å². The van der Waals surface area contributed by atoms with Crippen LogP contribution in [-0.4, -0.2) is 127 Å². The van der Waals surface area contributed by atoms with Crippen LogP contribution in [0.3, 0.4) is 0 Å². The molecule has 0 radical (unpaired) electrons. The van der Waals surface area contributed by atoms with Crippen LogP contribution in [-0.2, 0) is 133 Å². The number of ether oxygens (including phenoxy) is 2. The lowest BCUT2D eigenvalue weighted by Crippen LogP contribution is -2.12. The zero-order chi connectivity index (χ0) is 81.9. The highest BCUT2D eigenvalue weighted by atomic mass is 16.5. The summed E-state index contributed by atoms with van der Waals surface area (Å²) in [5.41, 5.74) is 16.7. The molecule has 24 nitrogen and oxygen atoms in total. The van der Waals surface area contributed by atoms with E-state index in [-0.39, 0.29) is 111 Å². The standard InChI is InChI=1S/2C17H20O4.C16H18O6.C14H22O2.C11H16O2.C10H14O6/c1-10-3-12(6-14(8-18)16(10)20)5-13-4-11(2)17(21)15(7-13)9-19;1-10-3-12(16(20)14(5-10)8-18)7-13-4-11(2)6-15(9-19)17(13)21;17-5-11-1-9(2-12(6-18)15(11)21)10-3-13(7-19)16(22)14(4-10)8-20;1-6-10-7-12(14(2,3)4)8-11(9-16-5)13(10)15;1-4-9-5-8(2)6-10(7-13-3)11(9)12;11-1-5-6(2-12)10(16)8(4-14)7(3-13)9(5)15/h3-4,6-7,18-21H,5,8-9H2,1-2H3;3-6,18-21H,7-9H2,1-2H3;1-4,17-22H,5-8H2;7-8,15H,6,9H2,1-5H3;5-6,12H,4,7H2,1-3H3;11-16H,1-4H2. The summed E-state index contributed by atoms with van der Waals surface area (Å²) in [5.74, 6) is -0.0591. The fourth-order valence-corrected chi connectivity index (χ4v) is 12.3. The molecule has 22 N–H and O–H groups in total. The van der Waals surface area contributed by atoms with Gasteiger partial charge in [-0.25, -0.2) is 0 Å². The summed E-state index contributed by atoms with van der Waals surface area (Å²) >= 11 is 0. The first-order chi connectivity index (χ1) is 51.7. The van der Waals surface area contributed by atoms with E-state index in [1.165, 1.54) is 11.1 Å². The fourth-order valence-electron chi connectivity index (χ4n) is 12.3. The third kappa shape index (κ3) is 24.2. The average molecular weight is 1520 g/mol. The lowest BCUT2D eigenvalue weighted by atomic mass is 9.84. The minimum Gasteiger partial charge on any atom is -0.507 e. The Kier molecular flexibility index (Phi) is 36.7. The van der Waals surface area contributed by atoms with Crippen molar-refractivity contribution in [3.8, 4) is 68.6 Å². The van der Waals surface area contributed by atoms with Crippen LogP contribution in [0.15, 0.2) is 97.1 Å². The second-order valence-electron chi connectivity index (χ2n) is 27.3. The Morgan fingerprint density at radius 3 is 0.780 bits per heavy atom. The third-order valence-electron chi connectivity index (χ3n) is 18.1. The minimum absolute atomic E-state index is 0.0505. The smallest absolute Gasteiger partial charge is 0.127 e. The SMILES string of the molecule is CCc1cc(C(C)(C)C)cc(COC)c1O.CCc1cc(C)cc(COC)c1O.Cc1cc(CO)c(O)c(Cc2cc(C)cc(CO)c2O)c1.Cc1cc(Cc2cc(C)c(O)c(CO)c2)cc(CO)c1O.OCc1c(O)c(CO)c(CO)c(O)c1CO.OCc1cc(-c2cc(CO)c(O)c(CO)c2)cc(CO)c1O. The number of phenols is 10. The third-order valence-corrected chi connectivity index (χ3v) is 18.1. The van der Waals surface area contributed by atoms with Crippen molar-refractivity contribution in [2.24, 2.45) is 0 Å². The van der Waals surface area contributed by atoms with Gasteiger partial charge in [0, 0.05) is 98.5 Å². The van der Waals surface area contributed by atoms with E-state index < -0.39 is 64.4 Å². The van der Waals surface area contributed by atoms with Crippen molar-refractivity contribution < 1.29 is 122 Å². The topological polar surface area (TPSA) is 464 Å². The molecule has 0 bridgehead atoms. The van der Waals surface area contributed by atoms with E-state index in [9.17, 15) is 91.9 Å². The van der Waals surface area contributed by atoms with Crippen molar-refractivity contribution in [1.29, 1.82) is 0 Å². The minimum atomic E-state index is -0.589. The van der Waals surface area contributed by atoms with Crippen LogP contribution in [0.25, 0.3) is 11.1 Å². The van der Waals surface area contributed by atoms with Crippen molar-refractivity contribution >= 4 is 0 Å². The van der Waals surface area contributed by atoms with Gasteiger partial charge in [0.1, 0.15) is 57.5 Å². The van der Waals surface area contributed by atoms with E-state index >= 15 is 0 Å². The number of rotatable bonds is 23. The lowest BCUT2D eigenvalue weighted by Gasteiger charge is -2.22. The first kappa shape index (κ1) is 91.8. The van der Waals surface area contributed by atoms with Gasteiger partial charge < -0.3 is 122 Å². The highest BCUT2D eigenvalue weighted by Crippen LogP contribution is 2.40. The van der Waals surface area contributed by atoms with Crippen molar-refractivity contribution in [3.63, 3.8) is 0 Å². The number of benzene rings is 9. The molecule has 0 fully saturated rings. The fraction of sp³-hybridized carbons (Fsp3) is 0.365. The Hall–Kier alpha value is -9.58. The van der Waals surface area contributed by atoms with Crippen molar-refractivity contribution in [1.82, 2.24) is 0 Å². The molecule has 0 aliphatic rings. The Morgan fingerprint density at radius 1 is 0.257 bits per heavy atom. The maximum Gasteiger partial charge on any atom is 0.127 e. The Morgan fingerprint density at radius 2 is 0.495 bits per heavy atom. The molecule has 9 aromatic carbocycles. The monoisotopic (exact) mass is 1510 g/mol. The largest absolute Gasteiger partial charge is 0.507 e. The molecular weight excluding hydrogens is 1400 g/mol. The summed E-state index contributed by atoms with van der Waals surface area (Å²) in [5, 5.41) is 209. The normalized spacial score (nSPS) is 10.9. The summed E-state index contributed by atoms with van der Waals surface area (Å²) in [6.07, 6.45) is 2.62. The Balaban J connectivity index is 0.000000279. The summed E-state index contributed by atoms with van der Waals surface area (Å²) in [7, 11) is 3.28. The molecule has 24 heteroatoms. The van der Waals surface area contributed by atoms with Crippen LogP contribution in [0.5, 0.6) is 57.5 Å². The number of aryl methyl sites for hydroxylation is 7. The number of aliphatic hydroxyl groups excluding tert-OH is 12. The van der Waals surface area contributed by atoms with E-state index in [1.54, 1.807) is 76.6 Å². The van der Waals surface area contributed by atoms with Crippen LogP contribution in [0.2, 0.25) is 0 Å². The van der Waals surface area contributed by atoms with Crippen LogP contribution < -0.4 is 0 Å². The van der Waals surface area contributed by atoms with Crippen LogP contribution in [0.1, 0.15) is 179 Å². The molecule has 0 atom stereocenters. The van der Waals surface area contributed by atoms with E-state index in [1.807, 2.05) is 70.2 Å². The van der Waals surface area contributed by atoms with Gasteiger partial charge in [0.2, 0.25) is 0 Å². The summed E-state index contributed by atoms with van der Waals surface area (Å²) < 4.78 is 10.1. The first-order valence-corrected chi connectivity index (χ1v) is 35.1. The average Bonchev–Trinajstić information content (AvgIpc) is 1.05. The molecule has 0 saturated heterocycles. The molecule has 109 heavy (non-hydrogen) atoms. The van der Waals surface area contributed by atoms with Crippen LogP contribution >= 0.6 is 0 Å². The number of aliphatic hydroxyl groups is 12. The molecule has 9 rings (SSSR count). The van der Waals surface area contributed by atoms with E-state index in [4.69, 9.17) is 29.9 Å². The lowest BCUT2D eigenvalue weighted by molar-refractivity contribution is 0.181. The van der Waals surface area contributed by atoms with Gasteiger partial charge in [0.25, 0.3) is 0 Å². The summed E-state index contributed by atoms with van der Waals surface area (Å²) in [4.78, 5) is 0. The number of hydrogen-bond donors (Lipinski definition) is 22. The zero-order valence-electron chi connectivity index (χ0n) is 64.1. The molecule has 0 aromatic heterocycles. The van der Waals surface area contributed by atoms with Crippen molar-refractivity contribution in [2.75, 3.05) is 14.2 Å². The second kappa shape index (κ2) is 43.6. The van der Waals surface area contributed by atoms with E-state index in [2.05, 4.69) is 33.8 Å². The number of aromatic hydroxyl groups is 10. The molecule has 0 heterocycles. The van der Waals surface area contributed by atoms with Gasteiger partial charge >= 0.3 is 0 Å². The number of phenolic OH excluding ortho intramolecular Hbond substituents is 2. The Labute approximate surface area is 636 Å². The molecular formula is C85H110O24. The van der Waals surface area contributed by atoms with Crippen molar-refractivity contribution in [3.05, 3.63) is 242 Å². The summed E-state index contributed by atoms with van der Waals surface area (Å²) in [6, 6.07) is 28.7. The van der Waals surface area contributed by atoms with Gasteiger partial charge in [-0.05, 0) is 163 Å². The van der Waals surface area contributed by atoms with Gasteiger partial charge in [0.15, 0.2) is 0 Å². The van der Waals surface area contributed by atoms with Gasteiger partial charge in [-0.15, -0.1) is 0 Å². The van der Waals surface area contributed by atoms with Gasteiger partial charge in [0.05, 0.1) is 92.5 Å². The maximum absolute atomic E-state index is 10.2. The van der Waals surface area contributed by atoms with Gasteiger partial charge in [-0.3, -0.25) is 0 Å². The predicted molar refractivity (Wildman–Crippen MR) is 413 cm³/mol. The quantitative estimate of drug-likeness (QED) is 0.0265. The number of methoxy groups -OCH3 is 2. The number of hydrogen-bond acceptors (Lipinski definition) is 24. The first-order valence-electron chi connectivity index (χ1n) is 35.1. The molecule has 0 aliphatic carbocycles. The predicted octanol–water partition coefficient (Wildman–Crippen LogP) is 10.2. The van der Waals surface area contributed by atoms with E-state index in [0.29, 0.717) is 82.1 Å². The molecule has 0 spiro atoms. The van der Waals surface area contributed by atoms with Gasteiger partial charge in [-0.1, -0.05) is 106 Å². The van der Waals surface area contributed by atoms with E-state index in [0.717, 1.165) is 68.5 Å². The molecule has 9 aromatic rings. The maximum atomic E-state index is 10.2.